The van der Waals surface area contributed by atoms with Crippen LogP contribution in [0.5, 0.6) is 0 Å². The highest BCUT2D eigenvalue weighted by molar-refractivity contribution is 7.22. The van der Waals surface area contributed by atoms with Gasteiger partial charge in [-0.05, 0) is 23.6 Å². The number of thiophene rings is 1. The number of aromatic nitrogens is 1. The number of rotatable bonds is 2. The Hall–Kier alpha value is -1.78. The lowest BCUT2D eigenvalue weighted by Gasteiger charge is -2.01. The minimum Gasteiger partial charge on any atom is -0.290 e. The van der Waals surface area contributed by atoms with E-state index in [9.17, 15) is 4.79 Å². The van der Waals surface area contributed by atoms with Crippen LogP contribution in [0, 0.1) is 0 Å². The fraction of sp³-hybridized carbons (Fsp3) is 0. The quantitative estimate of drug-likeness (QED) is 0.707. The second kappa shape index (κ2) is 4.84. The van der Waals surface area contributed by atoms with Crippen molar-refractivity contribution in [1.29, 1.82) is 0 Å². The van der Waals surface area contributed by atoms with E-state index in [0.29, 0.717) is 0 Å². The lowest BCUT2D eigenvalue weighted by molar-refractivity contribution is 1.34. The molecule has 88 valence electrons. The fourth-order valence-corrected chi connectivity index (χ4v) is 3.54. The van der Waals surface area contributed by atoms with Crippen LogP contribution in [0.4, 0.5) is 0 Å². The Morgan fingerprint density at radius 1 is 0.944 bits per heavy atom. The molecule has 0 radical (unpaired) electrons. The lowest BCUT2D eigenvalue weighted by atomic mass is 10.3. The molecule has 0 N–H and O–H groups in total. The van der Waals surface area contributed by atoms with E-state index in [0.717, 1.165) is 20.3 Å². The second-order valence-corrected chi connectivity index (χ2v) is 5.75. The molecule has 0 amide bonds. The predicted octanol–water partition coefficient (Wildman–Crippen LogP) is 3.90. The molecular formula is C14H9NOS2. The van der Waals surface area contributed by atoms with Crippen LogP contribution in [-0.2, 0) is 0 Å². The van der Waals surface area contributed by atoms with E-state index in [2.05, 4.69) is 4.98 Å². The van der Waals surface area contributed by atoms with Gasteiger partial charge in [-0.2, -0.15) is 0 Å². The van der Waals surface area contributed by atoms with Crippen LogP contribution in [-0.4, -0.2) is 4.98 Å². The van der Waals surface area contributed by atoms with Crippen molar-refractivity contribution in [3.8, 4) is 20.3 Å². The molecule has 0 bridgehead atoms. The predicted molar refractivity (Wildman–Crippen MR) is 77.1 cm³/mol. The van der Waals surface area contributed by atoms with E-state index in [1.807, 2.05) is 35.7 Å². The number of hydrogen-bond acceptors (Lipinski definition) is 4. The van der Waals surface area contributed by atoms with Crippen LogP contribution in [0.1, 0.15) is 0 Å². The van der Waals surface area contributed by atoms with Crippen molar-refractivity contribution in [2.24, 2.45) is 0 Å². The average Bonchev–Trinajstić information content (AvgIpc) is 2.93. The van der Waals surface area contributed by atoms with Crippen LogP contribution in [0.3, 0.4) is 0 Å². The molecule has 0 aromatic carbocycles. The Balaban J connectivity index is 2.15. The van der Waals surface area contributed by atoms with E-state index < -0.39 is 0 Å². The Morgan fingerprint density at radius 2 is 1.83 bits per heavy atom. The van der Waals surface area contributed by atoms with Gasteiger partial charge < -0.3 is 0 Å². The molecule has 0 unspecified atom stereocenters. The summed E-state index contributed by atoms with van der Waals surface area (Å²) in [6.45, 7) is 0. The van der Waals surface area contributed by atoms with Crippen molar-refractivity contribution in [3.05, 3.63) is 64.3 Å². The average molecular weight is 271 g/mol. The molecular weight excluding hydrogens is 262 g/mol. The van der Waals surface area contributed by atoms with Gasteiger partial charge in [-0.1, -0.05) is 12.1 Å². The smallest absolute Gasteiger partial charge is 0.181 e. The summed E-state index contributed by atoms with van der Waals surface area (Å²) in [6.07, 6.45) is 1.74. The molecule has 3 heterocycles. The first-order valence-electron chi connectivity index (χ1n) is 5.43. The molecule has 0 saturated heterocycles. The number of nitrogens with zero attached hydrogens (tertiary/aromatic N) is 1. The van der Waals surface area contributed by atoms with Gasteiger partial charge in [0.2, 0.25) is 0 Å². The summed E-state index contributed by atoms with van der Waals surface area (Å²) in [5.41, 5.74) is 0.871. The summed E-state index contributed by atoms with van der Waals surface area (Å²) in [6, 6.07) is 13.1. The molecule has 0 atom stereocenters. The van der Waals surface area contributed by atoms with Crippen LogP contribution in [0.2, 0.25) is 0 Å². The number of pyridine rings is 1. The van der Waals surface area contributed by atoms with E-state index in [4.69, 9.17) is 0 Å². The third-order valence-corrected chi connectivity index (χ3v) is 4.58. The van der Waals surface area contributed by atoms with Crippen LogP contribution < -0.4 is 5.43 Å². The van der Waals surface area contributed by atoms with Gasteiger partial charge in [0, 0.05) is 28.1 Å². The Kier molecular flexibility index (Phi) is 3.04. The number of hydrogen-bond donors (Lipinski definition) is 0. The van der Waals surface area contributed by atoms with Crippen molar-refractivity contribution in [1.82, 2.24) is 4.98 Å². The Bertz CT molecular complexity index is 702. The van der Waals surface area contributed by atoms with Crippen LogP contribution in [0.15, 0.2) is 58.8 Å². The largest absolute Gasteiger partial charge is 0.290 e. The molecule has 0 aliphatic rings. The lowest BCUT2D eigenvalue weighted by Crippen LogP contribution is -1.96. The van der Waals surface area contributed by atoms with E-state index in [1.165, 1.54) is 0 Å². The maximum atomic E-state index is 11.8. The minimum atomic E-state index is 0.0257. The summed E-state index contributed by atoms with van der Waals surface area (Å²) in [4.78, 5) is 19.1. The van der Waals surface area contributed by atoms with Gasteiger partial charge in [-0.3, -0.25) is 9.78 Å². The van der Waals surface area contributed by atoms with Gasteiger partial charge in [0.05, 0.1) is 10.6 Å². The normalized spacial score (nSPS) is 10.4. The summed E-state index contributed by atoms with van der Waals surface area (Å²) < 4.78 is 0. The van der Waals surface area contributed by atoms with Crippen molar-refractivity contribution in [2.75, 3.05) is 0 Å². The van der Waals surface area contributed by atoms with Crippen molar-refractivity contribution < 1.29 is 0 Å². The first-order valence-corrected chi connectivity index (χ1v) is 7.13. The zero-order valence-corrected chi connectivity index (χ0v) is 11.0. The van der Waals surface area contributed by atoms with E-state index >= 15 is 0 Å². The monoisotopic (exact) mass is 271 g/mol. The molecule has 0 spiro atoms. The molecule has 0 saturated carbocycles. The topological polar surface area (TPSA) is 30.0 Å². The summed E-state index contributed by atoms with van der Waals surface area (Å²) in [7, 11) is 0. The standard InChI is InChI=1S/C14H9NOS2/c16-10-8-13(11-4-1-2-6-15-11)18-14(9-10)12-5-3-7-17-12/h1-9H. The molecule has 0 aliphatic carbocycles. The molecule has 0 aliphatic heterocycles. The van der Waals surface area contributed by atoms with Gasteiger partial charge in [0.25, 0.3) is 0 Å². The van der Waals surface area contributed by atoms with Crippen LogP contribution >= 0.6 is 22.7 Å². The third kappa shape index (κ3) is 2.25. The summed E-state index contributed by atoms with van der Waals surface area (Å²) >= 11 is 3.24. The highest BCUT2D eigenvalue weighted by Crippen LogP contribution is 2.32. The third-order valence-electron chi connectivity index (χ3n) is 2.45. The zero-order valence-electron chi connectivity index (χ0n) is 9.37. The SMILES string of the molecule is O=c1cc(-c2ccccn2)sc(-c2cccs2)c1. The summed E-state index contributed by atoms with van der Waals surface area (Å²) in [5, 5.41) is 2.01. The maximum absolute atomic E-state index is 11.8. The van der Waals surface area contributed by atoms with Gasteiger partial charge in [0.15, 0.2) is 5.43 Å². The highest BCUT2D eigenvalue weighted by Gasteiger charge is 2.06. The van der Waals surface area contributed by atoms with E-state index in [1.54, 1.807) is 41.0 Å². The van der Waals surface area contributed by atoms with Gasteiger partial charge >= 0.3 is 0 Å². The molecule has 18 heavy (non-hydrogen) atoms. The molecule has 3 aromatic heterocycles. The second-order valence-electron chi connectivity index (χ2n) is 3.71. The van der Waals surface area contributed by atoms with E-state index in [-0.39, 0.29) is 5.43 Å². The van der Waals surface area contributed by atoms with Gasteiger partial charge in [-0.25, -0.2) is 0 Å². The zero-order chi connectivity index (χ0) is 12.4. The van der Waals surface area contributed by atoms with Crippen LogP contribution in [0.25, 0.3) is 20.3 Å². The Morgan fingerprint density at radius 3 is 2.56 bits per heavy atom. The van der Waals surface area contributed by atoms with Gasteiger partial charge in [0.1, 0.15) is 0 Å². The molecule has 3 aromatic rings. The van der Waals surface area contributed by atoms with Gasteiger partial charge in [-0.15, -0.1) is 22.7 Å². The molecule has 4 heteroatoms. The highest BCUT2D eigenvalue weighted by atomic mass is 32.1. The van der Waals surface area contributed by atoms with Crippen molar-refractivity contribution in [3.63, 3.8) is 0 Å². The fourth-order valence-electron chi connectivity index (χ4n) is 1.65. The molecule has 2 nitrogen and oxygen atoms in total. The molecule has 0 fully saturated rings. The molecule has 3 rings (SSSR count). The minimum absolute atomic E-state index is 0.0257. The van der Waals surface area contributed by atoms with Crippen molar-refractivity contribution >= 4 is 22.7 Å². The summed E-state index contributed by atoms with van der Waals surface area (Å²) in [5.74, 6) is 0. The first-order chi connectivity index (χ1) is 8.83. The Labute approximate surface area is 112 Å². The maximum Gasteiger partial charge on any atom is 0.181 e. The first kappa shape index (κ1) is 11.3. The van der Waals surface area contributed by atoms with Crippen molar-refractivity contribution in [2.45, 2.75) is 0 Å².